The Hall–Kier alpha value is -0.580. The minimum absolute atomic E-state index is 0.0637. The molecule has 1 amide bonds. The van der Waals surface area contributed by atoms with Crippen LogP contribution in [0.2, 0.25) is 0 Å². The van der Waals surface area contributed by atoms with Crippen molar-refractivity contribution in [2.24, 2.45) is 11.1 Å². The monoisotopic (exact) mass is 205 g/mol. The van der Waals surface area contributed by atoms with Crippen molar-refractivity contribution in [1.29, 1.82) is 0 Å². The van der Waals surface area contributed by atoms with Crippen molar-refractivity contribution in [3.8, 4) is 0 Å². The number of hydrogen-bond donors (Lipinski definition) is 1. The summed E-state index contributed by atoms with van der Waals surface area (Å²) in [4.78, 5) is 11.1. The molecular weight excluding hydrogens is 190 g/mol. The van der Waals surface area contributed by atoms with E-state index < -0.39 is 21.2 Å². The van der Waals surface area contributed by atoms with E-state index in [0.29, 0.717) is 12.8 Å². The van der Waals surface area contributed by atoms with Crippen LogP contribution in [-0.4, -0.2) is 25.8 Å². The second-order valence-electron chi connectivity index (χ2n) is 3.67. The second-order valence-corrected chi connectivity index (χ2v) is 6.03. The summed E-state index contributed by atoms with van der Waals surface area (Å²) in [6, 6.07) is 0. The maximum Gasteiger partial charge on any atom is 0.224 e. The van der Waals surface area contributed by atoms with Crippen molar-refractivity contribution in [2.45, 2.75) is 26.2 Å². The molecule has 0 radical (unpaired) electrons. The van der Waals surface area contributed by atoms with Crippen molar-refractivity contribution in [2.75, 3.05) is 11.5 Å². The lowest BCUT2D eigenvalue weighted by atomic mass is 9.70. The standard InChI is InChI=1S/C8H15NO3S/c1-2-13(11,12)6-8(7(9)10)4-3-5-8/h2-6H2,1H3,(H2,9,10). The van der Waals surface area contributed by atoms with Gasteiger partial charge in [0.1, 0.15) is 0 Å². The predicted molar refractivity (Wildman–Crippen MR) is 49.8 cm³/mol. The molecule has 1 fully saturated rings. The van der Waals surface area contributed by atoms with Crippen LogP contribution in [0.25, 0.3) is 0 Å². The zero-order valence-corrected chi connectivity index (χ0v) is 8.56. The molecule has 0 unspecified atom stereocenters. The van der Waals surface area contributed by atoms with Crippen LogP contribution in [0.1, 0.15) is 26.2 Å². The molecule has 0 aromatic rings. The van der Waals surface area contributed by atoms with Gasteiger partial charge in [0.05, 0.1) is 11.2 Å². The van der Waals surface area contributed by atoms with Crippen LogP contribution in [0.4, 0.5) is 0 Å². The number of rotatable bonds is 4. The van der Waals surface area contributed by atoms with Gasteiger partial charge in [-0.1, -0.05) is 13.3 Å². The van der Waals surface area contributed by atoms with E-state index in [4.69, 9.17) is 5.73 Å². The van der Waals surface area contributed by atoms with Crippen LogP contribution in [0.3, 0.4) is 0 Å². The van der Waals surface area contributed by atoms with Crippen molar-refractivity contribution in [3.05, 3.63) is 0 Å². The Balaban J connectivity index is 2.76. The summed E-state index contributed by atoms with van der Waals surface area (Å²) < 4.78 is 22.6. The fraction of sp³-hybridized carbons (Fsp3) is 0.875. The zero-order chi connectivity index (χ0) is 10.1. The molecule has 0 heterocycles. The topological polar surface area (TPSA) is 77.2 Å². The van der Waals surface area contributed by atoms with Gasteiger partial charge < -0.3 is 5.73 Å². The SMILES string of the molecule is CCS(=O)(=O)CC1(C(N)=O)CCC1. The molecule has 0 spiro atoms. The Morgan fingerprint density at radius 2 is 2.00 bits per heavy atom. The lowest BCUT2D eigenvalue weighted by Gasteiger charge is -2.38. The quantitative estimate of drug-likeness (QED) is 0.706. The van der Waals surface area contributed by atoms with Crippen molar-refractivity contribution < 1.29 is 13.2 Å². The van der Waals surface area contributed by atoms with E-state index in [9.17, 15) is 13.2 Å². The summed E-state index contributed by atoms with van der Waals surface area (Å²) in [5.41, 5.74) is 4.45. The van der Waals surface area contributed by atoms with Gasteiger partial charge in [0.25, 0.3) is 0 Å². The number of carbonyl (C=O) groups excluding carboxylic acids is 1. The van der Waals surface area contributed by atoms with Crippen LogP contribution < -0.4 is 5.73 Å². The first-order valence-electron chi connectivity index (χ1n) is 4.42. The largest absolute Gasteiger partial charge is 0.369 e. The first-order chi connectivity index (χ1) is 5.92. The number of nitrogens with two attached hydrogens (primary N) is 1. The van der Waals surface area contributed by atoms with E-state index in [2.05, 4.69) is 0 Å². The Kier molecular flexibility index (Phi) is 2.66. The number of sulfone groups is 1. The molecule has 0 atom stereocenters. The molecule has 2 N–H and O–H groups in total. The summed E-state index contributed by atoms with van der Waals surface area (Å²) in [5.74, 6) is -0.441. The van der Waals surface area contributed by atoms with Gasteiger partial charge in [-0.2, -0.15) is 0 Å². The molecule has 1 saturated carbocycles. The van der Waals surface area contributed by atoms with Gasteiger partial charge in [0.2, 0.25) is 5.91 Å². The summed E-state index contributed by atoms with van der Waals surface area (Å²) >= 11 is 0. The van der Waals surface area contributed by atoms with E-state index in [1.807, 2.05) is 0 Å². The normalized spacial score (nSPS) is 20.7. The van der Waals surface area contributed by atoms with Crippen molar-refractivity contribution >= 4 is 15.7 Å². The van der Waals surface area contributed by atoms with Crippen LogP contribution in [0.15, 0.2) is 0 Å². The zero-order valence-electron chi connectivity index (χ0n) is 7.75. The molecule has 0 aromatic carbocycles. The molecule has 0 aliphatic heterocycles. The molecule has 0 saturated heterocycles. The molecular formula is C8H15NO3S. The smallest absolute Gasteiger partial charge is 0.224 e. The average molecular weight is 205 g/mol. The minimum atomic E-state index is -3.08. The first kappa shape index (κ1) is 10.5. The first-order valence-corrected chi connectivity index (χ1v) is 6.24. The summed E-state index contributed by atoms with van der Waals surface area (Å²) in [6.45, 7) is 1.59. The summed E-state index contributed by atoms with van der Waals surface area (Å²) in [7, 11) is -3.08. The number of primary amides is 1. The molecule has 1 aliphatic carbocycles. The number of carbonyl (C=O) groups is 1. The fourth-order valence-corrected chi connectivity index (χ4v) is 3.07. The molecule has 1 aliphatic rings. The molecule has 4 nitrogen and oxygen atoms in total. The number of hydrogen-bond acceptors (Lipinski definition) is 3. The third-order valence-electron chi connectivity index (χ3n) is 2.77. The Morgan fingerprint density at radius 1 is 1.46 bits per heavy atom. The third kappa shape index (κ3) is 2.02. The molecule has 5 heteroatoms. The van der Waals surface area contributed by atoms with Gasteiger partial charge in [-0.05, 0) is 12.8 Å². The predicted octanol–water partition coefficient (Wildman–Crippen LogP) is 0.0767. The minimum Gasteiger partial charge on any atom is -0.369 e. The maximum atomic E-state index is 11.3. The van der Waals surface area contributed by atoms with Crippen LogP contribution in [0.5, 0.6) is 0 Å². The third-order valence-corrected chi connectivity index (χ3v) is 4.64. The highest BCUT2D eigenvalue weighted by Gasteiger charge is 2.45. The van der Waals surface area contributed by atoms with E-state index in [-0.39, 0.29) is 11.5 Å². The Bertz CT molecular complexity index is 303. The summed E-state index contributed by atoms with van der Waals surface area (Å²) in [5, 5.41) is 0. The highest BCUT2D eigenvalue weighted by Crippen LogP contribution is 2.41. The van der Waals surface area contributed by atoms with Gasteiger partial charge in [0, 0.05) is 5.75 Å². The van der Waals surface area contributed by atoms with E-state index in [0.717, 1.165) is 6.42 Å². The van der Waals surface area contributed by atoms with E-state index in [1.165, 1.54) is 0 Å². The van der Waals surface area contributed by atoms with E-state index in [1.54, 1.807) is 6.92 Å². The Morgan fingerprint density at radius 3 is 2.23 bits per heavy atom. The van der Waals surface area contributed by atoms with Crippen LogP contribution in [-0.2, 0) is 14.6 Å². The summed E-state index contributed by atoms with van der Waals surface area (Å²) in [6.07, 6.45) is 2.16. The second kappa shape index (κ2) is 3.29. The Labute approximate surface area is 78.4 Å². The van der Waals surface area contributed by atoms with Crippen molar-refractivity contribution in [3.63, 3.8) is 0 Å². The molecule has 1 rings (SSSR count). The van der Waals surface area contributed by atoms with Gasteiger partial charge in [-0.3, -0.25) is 4.79 Å². The van der Waals surface area contributed by atoms with Crippen LogP contribution >= 0.6 is 0 Å². The lowest BCUT2D eigenvalue weighted by Crippen LogP contribution is -2.47. The lowest BCUT2D eigenvalue weighted by molar-refractivity contribution is -0.130. The highest BCUT2D eigenvalue weighted by molar-refractivity contribution is 7.91. The molecule has 0 aromatic heterocycles. The van der Waals surface area contributed by atoms with Gasteiger partial charge in [0.15, 0.2) is 9.84 Å². The van der Waals surface area contributed by atoms with Gasteiger partial charge in [-0.15, -0.1) is 0 Å². The van der Waals surface area contributed by atoms with E-state index >= 15 is 0 Å². The number of amides is 1. The van der Waals surface area contributed by atoms with Gasteiger partial charge in [-0.25, -0.2) is 8.42 Å². The fourth-order valence-electron chi connectivity index (χ4n) is 1.59. The average Bonchev–Trinajstić information content (AvgIpc) is 1.96. The highest BCUT2D eigenvalue weighted by atomic mass is 32.2. The molecule has 0 bridgehead atoms. The van der Waals surface area contributed by atoms with Crippen LogP contribution in [0, 0.1) is 5.41 Å². The maximum absolute atomic E-state index is 11.3. The van der Waals surface area contributed by atoms with Crippen molar-refractivity contribution in [1.82, 2.24) is 0 Å². The van der Waals surface area contributed by atoms with Gasteiger partial charge >= 0.3 is 0 Å². The molecule has 76 valence electrons. The molecule has 13 heavy (non-hydrogen) atoms.